The molecule has 0 saturated carbocycles. The summed E-state index contributed by atoms with van der Waals surface area (Å²) in [6.45, 7) is 0. The van der Waals surface area contributed by atoms with Crippen LogP contribution in [0.4, 0.5) is 34.1 Å². The fourth-order valence-electron chi connectivity index (χ4n) is 14.8. The Labute approximate surface area is 487 Å². The fraction of sp³-hybridized carbons (Fsp3) is 0.0250. The maximum Gasteiger partial charge on any atom is 0.137 e. The van der Waals surface area contributed by atoms with Gasteiger partial charge in [0.1, 0.15) is 22.3 Å². The monoisotopic (exact) mass is 1070 g/mol. The Kier molecular flexibility index (Phi) is 10.7. The highest BCUT2D eigenvalue weighted by Crippen LogP contribution is 2.62. The molecule has 17 rings (SSSR count). The number of fused-ring (bicyclic) bond motifs is 12. The van der Waals surface area contributed by atoms with E-state index < -0.39 is 10.8 Å². The predicted octanol–water partition coefficient (Wildman–Crippen LogP) is 21.2. The van der Waals surface area contributed by atoms with Crippen LogP contribution in [0.15, 0.2) is 324 Å². The zero-order chi connectivity index (χ0) is 55.3. The molecule has 2 heterocycles. The molecule has 0 unspecified atom stereocenters. The maximum atomic E-state index is 6.77. The number of hydrogen-bond acceptors (Lipinski definition) is 4. The minimum atomic E-state index is -0.617. The van der Waals surface area contributed by atoms with Crippen LogP contribution in [-0.2, 0) is 10.8 Å². The van der Waals surface area contributed by atoms with E-state index in [9.17, 15) is 0 Å². The van der Waals surface area contributed by atoms with Gasteiger partial charge in [-0.2, -0.15) is 0 Å². The van der Waals surface area contributed by atoms with E-state index in [0.29, 0.717) is 0 Å². The van der Waals surface area contributed by atoms with Gasteiger partial charge < -0.3 is 18.6 Å². The Morgan fingerprint density at radius 3 is 0.964 bits per heavy atom. The molecule has 0 bridgehead atoms. The van der Waals surface area contributed by atoms with Gasteiger partial charge in [0.2, 0.25) is 0 Å². The first-order valence-electron chi connectivity index (χ1n) is 28.9. The Balaban J connectivity index is 0.974. The zero-order valence-electron chi connectivity index (χ0n) is 45.7. The average Bonchev–Trinajstić information content (AvgIpc) is 1.99. The van der Waals surface area contributed by atoms with Gasteiger partial charge in [0.25, 0.3) is 0 Å². The van der Waals surface area contributed by atoms with Crippen molar-refractivity contribution in [1.82, 2.24) is 0 Å². The summed E-state index contributed by atoms with van der Waals surface area (Å²) in [5, 5.41) is 4.20. The maximum absolute atomic E-state index is 6.77. The molecular weight excluding hydrogens is 1020 g/mol. The van der Waals surface area contributed by atoms with E-state index in [1.807, 2.05) is 0 Å². The molecule has 13 aromatic carbocycles. The van der Waals surface area contributed by atoms with E-state index >= 15 is 0 Å². The van der Waals surface area contributed by atoms with Crippen molar-refractivity contribution in [3.63, 3.8) is 0 Å². The number of benzene rings is 13. The minimum absolute atomic E-state index is 0.617. The van der Waals surface area contributed by atoms with Crippen molar-refractivity contribution in [3.8, 4) is 22.3 Å². The van der Waals surface area contributed by atoms with E-state index in [4.69, 9.17) is 8.83 Å². The van der Waals surface area contributed by atoms with Crippen LogP contribution in [0.2, 0.25) is 0 Å². The molecule has 0 aliphatic heterocycles. The number of furan rings is 2. The molecule has 2 aromatic heterocycles. The molecule has 0 spiro atoms. The normalized spacial score (nSPS) is 13.4. The van der Waals surface area contributed by atoms with E-state index in [1.165, 1.54) is 66.8 Å². The summed E-state index contributed by atoms with van der Waals surface area (Å²) in [6.07, 6.45) is 0. The van der Waals surface area contributed by atoms with Gasteiger partial charge in [0, 0.05) is 33.3 Å². The second-order valence-corrected chi connectivity index (χ2v) is 22.1. The lowest BCUT2D eigenvalue weighted by atomic mass is 9.68. The molecule has 0 N–H and O–H groups in total. The van der Waals surface area contributed by atoms with E-state index in [0.717, 1.165) is 78.0 Å². The lowest BCUT2D eigenvalue weighted by Crippen LogP contribution is -2.28. The van der Waals surface area contributed by atoms with Crippen LogP contribution in [0.3, 0.4) is 0 Å². The van der Waals surface area contributed by atoms with Gasteiger partial charge in [0.15, 0.2) is 0 Å². The average molecular weight is 1070 g/mol. The highest BCUT2D eigenvalue weighted by molar-refractivity contribution is 6.16. The van der Waals surface area contributed by atoms with Crippen molar-refractivity contribution < 1.29 is 8.83 Å². The summed E-state index contributed by atoms with van der Waals surface area (Å²) in [6, 6.07) is 115. The van der Waals surface area contributed by atoms with Crippen LogP contribution in [0.1, 0.15) is 44.5 Å². The summed E-state index contributed by atoms with van der Waals surface area (Å²) in [4.78, 5) is 5.00. The topological polar surface area (TPSA) is 32.8 Å². The van der Waals surface area contributed by atoms with Crippen molar-refractivity contribution in [2.24, 2.45) is 0 Å². The third kappa shape index (κ3) is 6.77. The summed E-state index contributed by atoms with van der Waals surface area (Å²) in [5.74, 6) is 0. The molecular formula is C80H52N2O2. The molecule has 0 fully saturated rings. The Morgan fingerprint density at radius 2 is 0.548 bits per heavy atom. The first-order valence-corrected chi connectivity index (χ1v) is 28.9. The van der Waals surface area contributed by atoms with Gasteiger partial charge in [-0.1, -0.05) is 249 Å². The van der Waals surface area contributed by atoms with E-state index in [-0.39, 0.29) is 0 Å². The first-order chi connectivity index (χ1) is 41.7. The molecule has 84 heavy (non-hydrogen) atoms. The Bertz CT molecular complexity index is 4650. The lowest BCUT2D eigenvalue weighted by molar-refractivity contribution is 0.668. The Morgan fingerprint density at radius 1 is 0.238 bits per heavy atom. The summed E-state index contributed by atoms with van der Waals surface area (Å²) in [7, 11) is 0. The molecule has 2 aliphatic carbocycles. The molecule has 0 radical (unpaired) electrons. The van der Waals surface area contributed by atoms with Crippen molar-refractivity contribution in [3.05, 3.63) is 360 Å². The third-order valence-corrected chi connectivity index (χ3v) is 18.0. The molecule has 4 nitrogen and oxygen atoms in total. The highest BCUT2D eigenvalue weighted by atomic mass is 16.3. The van der Waals surface area contributed by atoms with Crippen LogP contribution in [0.5, 0.6) is 0 Å². The van der Waals surface area contributed by atoms with Crippen LogP contribution in [0, 0.1) is 0 Å². The molecule has 15 aromatic rings. The van der Waals surface area contributed by atoms with Gasteiger partial charge >= 0.3 is 0 Å². The summed E-state index contributed by atoms with van der Waals surface area (Å²) in [5.41, 5.74) is 22.8. The van der Waals surface area contributed by atoms with Gasteiger partial charge in [-0.15, -0.1) is 0 Å². The number of rotatable bonds is 10. The van der Waals surface area contributed by atoms with Crippen LogP contribution < -0.4 is 9.80 Å². The summed E-state index contributed by atoms with van der Waals surface area (Å²) >= 11 is 0. The minimum Gasteiger partial charge on any atom is -0.456 e. The smallest absolute Gasteiger partial charge is 0.137 e. The number of para-hydroxylation sites is 2. The molecule has 2 aliphatic rings. The molecule has 394 valence electrons. The van der Waals surface area contributed by atoms with Crippen LogP contribution in [-0.4, -0.2) is 0 Å². The van der Waals surface area contributed by atoms with Gasteiger partial charge in [-0.3, -0.25) is 0 Å². The van der Waals surface area contributed by atoms with Crippen molar-refractivity contribution in [2.75, 3.05) is 9.80 Å². The third-order valence-electron chi connectivity index (χ3n) is 18.0. The lowest BCUT2D eigenvalue weighted by Gasteiger charge is -2.35. The molecule has 0 saturated heterocycles. The SMILES string of the molecule is c1ccc(C2(c3ccccc3)c3ccccc3-c3c(N(c4cccc(N(c5cccc6c5-c5ccccc5C6(c5ccccc5)c5ccccc5)c5cccc6oc7ccccc7c56)c4)c4cccc5oc6ccccc6c45)cccc32)cc1. The van der Waals surface area contributed by atoms with Crippen molar-refractivity contribution in [1.29, 1.82) is 0 Å². The zero-order valence-corrected chi connectivity index (χ0v) is 45.7. The summed E-state index contributed by atoms with van der Waals surface area (Å²) < 4.78 is 13.5. The van der Waals surface area contributed by atoms with Gasteiger partial charge in [-0.25, -0.2) is 0 Å². The van der Waals surface area contributed by atoms with E-state index in [2.05, 4.69) is 325 Å². The van der Waals surface area contributed by atoms with Gasteiger partial charge in [-0.05, 0) is 122 Å². The van der Waals surface area contributed by atoms with Gasteiger partial charge in [0.05, 0.1) is 44.4 Å². The number of nitrogens with zero attached hydrogens (tertiary/aromatic N) is 2. The predicted molar refractivity (Wildman–Crippen MR) is 345 cm³/mol. The van der Waals surface area contributed by atoms with Crippen molar-refractivity contribution >= 4 is 78.0 Å². The molecule has 0 amide bonds. The van der Waals surface area contributed by atoms with Crippen molar-refractivity contribution in [2.45, 2.75) is 10.8 Å². The second kappa shape index (κ2) is 18.8. The van der Waals surface area contributed by atoms with E-state index in [1.54, 1.807) is 0 Å². The molecule has 0 atom stereocenters. The standard InChI is InChI=1S/C80H52N2O2/c1-5-26-53(27-6-1)79(54-28-7-2-8-29-54)63-40-17-13-36-59(63)75-65(79)42-22-44-67(75)81(69-46-24-50-73-77(69)61-38-15-19-48-71(61)83-73)57-34-21-35-58(52-57)82(70-47-25-51-74-78(70)62-39-16-20-49-72(62)84-74)68-45-23-43-66-76(68)60-37-14-18-41-64(60)80(66,55-30-9-3-10-31-55)56-32-11-4-12-33-56/h1-52H. The largest absolute Gasteiger partial charge is 0.456 e. The van der Waals surface area contributed by atoms with Crippen LogP contribution in [0.25, 0.3) is 66.1 Å². The second-order valence-electron chi connectivity index (χ2n) is 22.1. The highest BCUT2D eigenvalue weighted by Gasteiger charge is 2.49. The fourth-order valence-corrected chi connectivity index (χ4v) is 14.8. The Hall–Kier alpha value is -10.9. The number of hydrogen-bond donors (Lipinski definition) is 0. The number of anilines is 6. The quantitative estimate of drug-likeness (QED) is 0.137. The first kappa shape index (κ1) is 47.8. The molecule has 4 heteroatoms. The van der Waals surface area contributed by atoms with Crippen LogP contribution >= 0.6 is 0 Å².